The molecule has 0 saturated carbocycles. The van der Waals surface area contributed by atoms with Gasteiger partial charge in [0.15, 0.2) is 5.82 Å². The van der Waals surface area contributed by atoms with Crippen LogP contribution >= 0.6 is 11.6 Å². The highest BCUT2D eigenvalue weighted by Crippen LogP contribution is 2.27. The van der Waals surface area contributed by atoms with E-state index in [2.05, 4.69) is 48.1 Å². The average molecular weight is 327 g/mol. The fourth-order valence-corrected chi connectivity index (χ4v) is 2.54. The van der Waals surface area contributed by atoms with Crippen LogP contribution in [0.15, 0.2) is 52.8 Å². The molecule has 4 nitrogen and oxygen atoms in total. The summed E-state index contributed by atoms with van der Waals surface area (Å²) in [4.78, 5) is 4.46. The molecule has 3 aromatic rings. The Morgan fingerprint density at radius 1 is 1.00 bits per heavy atom. The van der Waals surface area contributed by atoms with Gasteiger partial charge < -0.3 is 0 Å². The first kappa shape index (κ1) is 15.7. The predicted molar refractivity (Wildman–Crippen MR) is 94.3 cm³/mol. The number of hydrogen-bond acceptors (Lipinski definition) is 3. The van der Waals surface area contributed by atoms with Crippen LogP contribution in [-0.4, -0.2) is 9.38 Å². The predicted octanol–water partition coefficient (Wildman–Crippen LogP) is 6.01. The van der Waals surface area contributed by atoms with E-state index in [-0.39, 0.29) is 5.41 Å². The van der Waals surface area contributed by atoms with Crippen LogP contribution in [0.1, 0.15) is 32.0 Å². The van der Waals surface area contributed by atoms with E-state index < -0.39 is 0 Å². The fourth-order valence-electron chi connectivity index (χ4n) is 2.38. The van der Waals surface area contributed by atoms with E-state index in [0.29, 0.717) is 10.8 Å². The van der Waals surface area contributed by atoms with Crippen LogP contribution in [0.5, 0.6) is 0 Å². The molecule has 0 bridgehead atoms. The molecule has 0 spiro atoms. The van der Waals surface area contributed by atoms with E-state index in [1.807, 2.05) is 35.6 Å². The number of pyridine rings is 1. The van der Waals surface area contributed by atoms with Crippen LogP contribution in [0.2, 0.25) is 5.02 Å². The Kier molecular flexibility index (Phi) is 3.94. The quantitative estimate of drug-likeness (QED) is 0.532. The van der Waals surface area contributed by atoms with Gasteiger partial charge in [-0.2, -0.15) is 0 Å². The van der Waals surface area contributed by atoms with Crippen molar-refractivity contribution in [1.82, 2.24) is 9.38 Å². The molecule has 2 heterocycles. The van der Waals surface area contributed by atoms with Crippen molar-refractivity contribution in [2.45, 2.75) is 33.1 Å². The van der Waals surface area contributed by atoms with E-state index in [9.17, 15) is 0 Å². The molecule has 0 aliphatic carbocycles. The number of azo groups is 1. The Morgan fingerprint density at radius 2 is 1.70 bits per heavy atom. The largest absolute Gasteiger partial charge is 0.281 e. The third-order valence-corrected chi connectivity index (χ3v) is 3.94. The summed E-state index contributed by atoms with van der Waals surface area (Å²) in [5.74, 6) is 0.697. The maximum Gasteiger partial charge on any atom is 0.182 e. The maximum atomic E-state index is 6.06. The van der Waals surface area contributed by atoms with E-state index in [1.54, 1.807) is 6.20 Å². The van der Waals surface area contributed by atoms with E-state index in [4.69, 9.17) is 11.6 Å². The number of rotatable bonds is 2. The molecule has 0 aliphatic heterocycles. The summed E-state index contributed by atoms with van der Waals surface area (Å²) in [7, 11) is 0. The van der Waals surface area contributed by atoms with Crippen molar-refractivity contribution < 1.29 is 0 Å². The van der Waals surface area contributed by atoms with Crippen LogP contribution in [-0.2, 0) is 5.41 Å². The van der Waals surface area contributed by atoms with Crippen LogP contribution in [0.25, 0.3) is 5.65 Å². The monoisotopic (exact) mass is 326 g/mol. The number of fused-ring (bicyclic) bond motifs is 1. The lowest BCUT2D eigenvalue weighted by Gasteiger charge is -2.18. The Bertz CT molecular complexity index is 870. The smallest absolute Gasteiger partial charge is 0.182 e. The molecule has 0 radical (unpaired) electrons. The molecule has 0 unspecified atom stereocenters. The number of hydrogen-bond donors (Lipinski definition) is 0. The molecule has 0 amide bonds. The second-order valence-electron chi connectivity index (χ2n) is 6.59. The number of imidazole rings is 1. The van der Waals surface area contributed by atoms with E-state index in [0.717, 1.165) is 17.0 Å². The second-order valence-corrected chi connectivity index (χ2v) is 7.03. The molecule has 0 atom stereocenters. The molecule has 1 aromatic carbocycles. The number of aryl methyl sites for hydroxylation is 1. The minimum atomic E-state index is 0.130. The Balaban J connectivity index is 1.94. The van der Waals surface area contributed by atoms with Crippen molar-refractivity contribution in [2.24, 2.45) is 10.2 Å². The summed E-state index contributed by atoms with van der Waals surface area (Å²) >= 11 is 6.06. The maximum absolute atomic E-state index is 6.06. The van der Waals surface area contributed by atoms with Gasteiger partial charge in [0, 0.05) is 6.20 Å². The normalized spacial score (nSPS) is 12.4. The van der Waals surface area contributed by atoms with Gasteiger partial charge in [0.25, 0.3) is 0 Å². The zero-order valence-corrected chi connectivity index (χ0v) is 14.5. The molecule has 0 aliphatic rings. The number of halogens is 1. The molecular formula is C18H19ClN4. The van der Waals surface area contributed by atoms with Crippen molar-refractivity contribution in [1.29, 1.82) is 0 Å². The summed E-state index contributed by atoms with van der Waals surface area (Å²) in [6.07, 6.45) is 1.80. The van der Waals surface area contributed by atoms with Crippen molar-refractivity contribution in [2.75, 3.05) is 0 Å². The number of aromatic nitrogens is 2. The minimum Gasteiger partial charge on any atom is -0.281 e. The van der Waals surface area contributed by atoms with Crippen LogP contribution < -0.4 is 0 Å². The van der Waals surface area contributed by atoms with Crippen LogP contribution in [0, 0.1) is 6.92 Å². The Morgan fingerprint density at radius 3 is 2.35 bits per heavy atom. The lowest BCUT2D eigenvalue weighted by Crippen LogP contribution is -2.10. The number of benzene rings is 1. The Hall–Kier alpha value is -2.20. The van der Waals surface area contributed by atoms with E-state index >= 15 is 0 Å². The standard InChI is InChI=1S/C18H19ClN4/c1-12-17(23-11-14(19)7-10-16(23)20-12)22-21-15-8-5-13(6-9-15)18(2,3)4/h5-11H,1-4H3. The molecule has 118 valence electrons. The van der Waals surface area contributed by atoms with Gasteiger partial charge in [-0.15, -0.1) is 10.2 Å². The molecule has 5 heteroatoms. The second kappa shape index (κ2) is 5.78. The molecular weight excluding hydrogens is 308 g/mol. The molecule has 23 heavy (non-hydrogen) atoms. The SMILES string of the molecule is Cc1nc2ccc(Cl)cn2c1N=Nc1ccc(C(C)(C)C)cc1. The number of nitrogens with zero attached hydrogens (tertiary/aromatic N) is 4. The first-order valence-corrected chi connectivity index (χ1v) is 7.89. The highest BCUT2D eigenvalue weighted by molar-refractivity contribution is 6.30. The molecule has 0 fully saturated rings. The summed E-state index contributed by atoms with van der Waals surface area (Å²) in [5.41, 5.74) is 3.85. The van der Waals surface area contributed by atoms with Crippen molar-refractivity contribution in [3.05, 3.63) is 58.9 Å². The van der Waals surface area contributed by atoms with Gasteiger partial charge in [0.2, 0.25) is 0 Å². The third-order valence-electron chi connectivity index (χ3n) is 3.72. The fraction of sp³-hybridized carbons (Fsp3) is 0.278. The summed E-state index contributed by atoms with van der Waals surface area (Å²) < 4.78 is 1.85. The van der Waals surface area contributed by atoms with Gasteiger partial charge in [-0.1, -0.05) is 44.5 Å². The van der Waals surface area contributed by atoms with Gasteiger partial charge in [-0.25, -0.2) is 4.98 Å². The first-order chi connectivity index (χ1) is 10.8. The Labute approximate surface area is 140 Å². The summed E-state index contributed by atoms with van der Waals surface area (Å²) in [6, 6.07) is 11.8. The zero-order valence-electron chi connectivity index (χ0n) is 13.7. The third kappa shape index (κ3) is 3.27. The molecule has 0 saturated heterocycles. The average Bonchev–Trinajstić information content (AvgIpc) is 2.79. The molecule has 3 rings (SSSR count). The highest BCUT2D eigenvalue weighted by atomic mass is 35.5. The topological polar surface area (TPSA) is 42.0 Å². The van der Waals surface area contributed by atoms with Gasteiger partial charge in [0.1, 0.15) is 5.65 Å². The lowest BCUT2D eigenvalue weighted by atomic mass is 9.87. The van der Waals surface area contributed by atoms with Crippen LogP contribution in [0.4, 0.5) is 11.5 Å². The van der Waals surface area contributed by atoms with Crippen molar-refractivity contribution >= 4 is 28.8 Å². The van der Waals surface area contributed by atoms with Gasteiger partial charge in [-0.3, -0.25) is 4.40 Å². The molecule has 2 aromatic heterocycles. The van der Waals surface area contributed by atoms with Gasteiger partial charge >= 0.3 is 0 Å². The van der Waals surface area contributed by atoms with Crippen molar-refractivity contribution in [3.63, 3.8) is 0 Å². The van der Waals surface area contributed by atoms with Gasteiger partial charge in [-0.05, 0) is 42.2 Å². The van der Waals surface area contributed by atoms with Gasteiger partial charge in [0.05, 0.1) is 16.4 Å². The summed E-state index contributed by atoms with van der Waals surface area (Å²) in [6.45, 7) is 8.48. The first-order valence-electron chi connectivity index (χ1n) is 7.51. The lowest BCUT2D eigenvalue weighted by molar-refractivity contribution is 0.590. The zero-order chi connectivity index (χ0) is 16.6. The van der Waals surface area contributed by atoms with E-state index in [1.165, 1.54) is 5.56 Å². The minimum absolute atomic E-state index is 0.130. The van der Waals surface area contributed by atoms with Crippen LogP contribution in [0.3, 0.4) is 0 Å². The highest BCUT2D eigenvalue weighted by Gasteiger charge is 2.13. The molecule has 0 N–H and O–H groups in total. The summed E-state index contributed by atoms with van der Waals surface area (Å²) in [5, 5.41) is 9.34. The van der Waals surface area contributed by atoms with Crippen molar-refractivity contribution in [3.8, 4) is 0 Å².